The van der Waals surface area contributed by atoms with Crippen LogP contribution in [0.15, 0.2) is 0 Å². The topological polar surface area (TPSA) is 208 Å². The van der Waals surface area contributed by atoms with Crippen molar-refractivity contribution in [2.75, 3.05) is 92.3 Å². The van der Waals surface area contributed by atoms with Gasteiger partial charge in [-0.05, 0) is 25.7 Å². The minimum absolute atomic E-state index is 0. The summed E-state index contributed by atoms with van der Waals surface area (Å²) in [5, 5.41) is 35.3. The SMILES string of the molecule is CCCOCCOCCOCCOCCOCCOC(=O)NCCCCC(C(=O)[O-])N(CC(=O)[O-])CC(=O)[O-].[Na+].[Na+].[Na+]. The molecule has 0 radical (unpaired) electrons. The van der Waals surface area contributed by atoms with Gasteiger partial charge in [0.2, 0.25) is 0 Å². The first-order valence-corrected chi connectivity index (χ1v) is 12.9. The van der Waals surface area contributed by atoms with Crippen LogP contribution in [0.1, 0.15) is 32.6 Å². The van der Waals surface area contributed by atoms with Gasteiger partial charge in [0, 0.05) is 26.2 Å². The number of unbranched alkanes of at least 4 members (excludes halogenated alkanes) is 1. The maximum absolute atomic E-state index is 11.7. The Labute approximate surface area is 313 Å². The molecule has 42 heavy (non-hydrogen) atoms. The second-order valence-electron chi connectivity index (χ2n) is 8.10. The summed E-state index contributed by atoms with van der Waals surface area (Å²) >= 11 is 0. The summed E-state index contributed by atoms with van der Waals surface area (Å²) in [5.41, 5.74) is 0. The number of hydrogen-bond donors (Lipinski definition) is 1. The van der Waals surface area contributed by atoms with E-state index in [2.05, 4.69) is 5.32 Å². The van der Waals surface area contributed by atoms with E-state index in [1.807, 2.05) is 6.92 Å². The molecule has 1 atom stereocenters. The van der Waals surface area contributed by atoms with Crippen molar-refractivity contribution in [3.8, 4) is 0 Å². The molecule has 0 aliphatic heterocycles. The van der Waals surface area contributed by atoms with Gasteiger partial charge in [-0.3, -0.25) is 4.90 Å². The van der Waals surface area contributed by atoms with E-state index in [1.54, 1.807) is 0 Å². The summed E-state index contributed by atoms with van der Waals surface area (Å²) in [5.74, 6) is -4.88. The molecule has 0 rings (SSSR count). The van der Waals surface area contributed by atoms with Crippen LogP contribution in [0.25, 0.3) is 0 Å². The molecular formula is C24H41N2Na3O13. The van der Waals surface area contributed by atoms with Gasteiger partial charge in [0.15, 0.2) is 0 Å². The second kappa shape index (κ2) is 35.9. The third kappa shape index (κ3) is 33.3. The van der Waals surface area contributed by atoms with Crippen LogP contribution < -0.4 is 109 Å². The molecule has 0 aliphatic carbocycles. The summed E-state index contributed by atoms with van der Waals surface area (Å²) in [6, 6.07) is -1.46. The van der Waals surface area contributed by atoms with Gasteiger partial charge in [-0.1, -0.05) is 6.92 Å². The maximum Gasteiger partial charge on any atom is 1.00 e. The first kappa shape index (κ1) is 49.3. The fourth-order valence-corrected chi connectivity index (χ4v) is 3.08. The Morgan fingerprint density at radius 1 is 0.643 bits per heavy atom. The molecule has 1 unspecified atom stereocenters. The van der Waals surface area contributed by atoms with Gasteiger partial charge in [0.1, 0.15) is 6.61 Å². The Bertz CT molecular complexity index is 666. The van der Waals surface area contributed by atoms with Crippen LogP contribution in [0.4, 0.5) is 4.79 Å². The molecule has 1 amide bonds. The number of carboxylic acids is 3. The number of alkyl carbamates (subject to hydrolysis) is 1. The number of aliphatic carboxylic acids is 3. The molecule has 0 spiro atoms. The van der Waals surface area contributed by atoms with Gasteiger partial charge in [0.25, 0.3) is 0 Å². The molecule has 0 saturated heterocycles. The fraction of sp³-hybridized carbons (Fsp3) is 0.833. The van der Waals surface area contributed by atoms with E-state index in [1.165, 1.54) is 0 Å². The Kier molecular flexibility index (Phi) is 42.2. The third-order valence-corrected chi connectivity index (χ3v) is 4.85. The van der Waals surface area contributed by atoms with Crippen molar-refractivity contribution >= 4 is 24.0 Å². The standard InChI is InChI=1S/C24H44N2O13.3Na/c1-2-7-34-8-9-35-10-11-36-12-13-37-14-15-38-16-17-39-24(33)25-6-4-3-5-20(23(31)32)26(18-21(27)28)19-22(29)30;;;/h20H,2-19H2,1H3,(H,25,33)(H,27,28)(H,29,30)(H,31,32);;;/q;3*+1/p-3. The number of carbonyl (C=O) groups is 4. The van der Waals surface area contributed by atoms with Crippen molar-refractivity contribution in [1.82, 2.24) is 10.2 Å². The van der Waals surface area contributed by atoms with E-state index in [0.717, 1.165) is 13.0 Å². The van der Waals surface area contributed by atoms with Gasteiger partial charge in [-0.2, -0.15) is 0 Å². The molecule has 18 heteroatoms. The van der Waals surface area contributed by atoms with Gasteiger partial charge in [-0.25, -0.2) is 4.79 Å². The summed E-state index contributed by atoms with van der Waals surface area (Å²) in [6.07, 6.45) is 0.786. The van der Waals surface area contributed by atoms with Gasteiger partial charge in [-0.15, -0.1) is 0 Å². The molecule has 15 nitrogen and oxygen atoms in total. The third-order valence-electron chi connectivity index (χ3n) is 4.85. The molecule has 0 aromatic heterocycles. The molecule has 0 aromatic rings. The first-order valence-electron chi connectivity index (χ1n) is 12.9. The van der Waals surface area contributed by atoms with E-state index in [0.29, 0.717) is 64.2 Å². The van der Waals surface area contributed by atoms with E-state index in [-0.39, 0.29) is 121 Å². The maximum atomic E-state index is 11.7. The van der Waals surface area contributed by atoms with Crippen LogP contribution in [0.3, 0.4) is 0 Å². The van der Waals surface area contributed by atoms with E-state index < -0.39 is 43.1 Å². The van der Waals surface area contributed by atoms with Crippen molar-refractivity contribution in [3.05, 3.63) is 0 Å². The molecule has 1 N–H and O–H groups in total. The monoisotopic (exact) mass is 634 g/mol. The van der Waals surface area contributed by atoms with Crippen LogP contribution in [-0.2, 0) is 42.8 Å². The average molecular weight is 635 g/mol. The number of carboxylic acid groups (broad SMARTS) is 3. The number of amides is 1. The predicted molar refractivity (Wildman–Crippen MR) is 128 cm³/mol. The Hall–Kier alpha value is 0.440. The molecule has 0 fully saturated rings. The van der Waals surface area contributed by atoms with Crippen LogP contribution in [0.5, 0.6) is 0 Å². The summed E-state index contributed by atoms with van der Waals surface area (Å²) in [7, 11) is 0. The van der Waals surface area contributed by atoms with E-state index in [4.69, 9.17) is 28.4 Å². The van der Waals surface area contributed by atoms with Crippen LogP contribution in [-0.4, -0.2) is 127 Å². The van der Waals surface area contributed by atoms with Crippen molar-refractivity contribution in [2.45, 2.75) is 38.6 Å². The minimum atomic E-state index is -1.63. The van der Waals surface area contributed by atoms with Crippen molar-refractivity contribution in [2.24, 2.45) is 0 Å². The fourth-order valence-electron chi connectivity index (χ4n) is 3.08. The number of hydrogen-bond acceptors (Lipinski definition) is 14. The van der Waals surface area contributed by atoms with E-state index in [9.17, 15) is 34.5 Å². The number of nitrogens with one attached hydrogen (secondary N) is 1. The Morgan fingerprint density at radius 2 is 1.05 bits per heavy atom. The molecule has 0 aromatic carbocycles. The molecule has 0 bridgehead atoms. The van der Waals surface area contributed by atoms with E-state index >= 15 is 0 Å². The molecule has 0 saturated carbocycles. The zero-order chi connectivity index (χ0) is 29.1. The minimum Gasteiger partial charge on any atom is -0.549 e. The predicted octanol–water partition coefficient (Wildman–Crippen LogP) is -12.7. The Morgan fingerprint density at radius 3 is 1.43 bits per heavy atom. The molecule has 0 heterocycles. The van der Waals surface area contributed by atoms with Gasteiger partial charge < -0.3 is 63.4 Å². The number of rotatable bonds is 28. The van der Waals surface area contributed by atoms with Crippen molar-refractivity contribution < 1.29 is 152 Å². The van der Waals surface area contributed by atoms with Crippen LogP contribution >= 0.6 is 0 Å². The average Bonchev–Trinajstić information content (AvgIpc) is 2.86. The zero-order valence-corrected chi connectivity index (χ0v) is 31.6. The quantitative estimate of drug-likeness (QED) is 0.0626. The van der Waals surface area contributed by atoms with Crippen molar-refractivity contribution in [3.63, 3.8) is 0 Å². The summed E-state index contributed by atoms with van der Waals surface area (Å²) < 4.78 is 31.6. The number of carbonyl (C=O) groups excluding carboxylic acids is 4. The number of nitrogens with zero attached hydrogens (tertiary/aromatic N) is 1. The van der Waals surface area contributed by atoms with Crippen LogP contribution in [0, 0.1) is 0 Å². The molecule has 0 aliphatic rings. The normalized spacial score (nSPS) is 11.0. The van der Waals surface area contributed by atoms with Crippen LogP contribution in [0.2, 0.25) is 0 Å². The summed E-state index contributed by atoms with van der Waals surface area (Å²) in [4.78, 5) is 45.2. The number of ether oxygens (including phenoxy) is 6. The smallest absolute Gasteiger partial charge is 0.549 e. The molecule has 228 valence electrons. The first-order chi connectivity index (χ1) is 18.8. The zero-order valence-electron chi connectivity index (χ0n) is 25.6. The largest absolute Gasteiger partial charge is 1.00 e. The molecular weight excluding hydrogens is 593 g/mol. The summed E-state index contributed by atoms with van der Waals surface area (Å²) in [6.45, 7) is 4.96. The second-order valence-corrected chi connectivity index (χ2v) is 8.10. The van der Waals surface area contributed by atoms with Crippen molar-refractivity contribution in [1.29, 1.82) is 0 Å². The van der Waals surface area contributed by atoms with Gasteiger partial charge >= 0.3 is 94.8 Å². The van der Waals surface area contributed by atoms with Gasteiger partial charge in [0.05, 0.1) is 83.4 Å². The Balaban J connectivity index is -0.00000241.